The van der Waals surface area contributed by atoms with Crippen LogP contribution in [0.4, 0.5) is 14.9 Å². The number of carbonyl (C=O) groups excluding carboxylic acids is 1. The number of nitrogens with zero attached hydrogens (tertiary/aromatic N) is 3. The van der Waals surface area contributed by atoms with Crippen LogP contribution in [0.1, 0.15) is 29.5 Å². The maximum atomic E-state index is 14.2. The summed E-state index contributed by atoms with van der Waals surface area (Å²) in [6, 6.07) is 13.1. The Morgan fingerprint density at radius 1 is 1.19 bits per heavy atom. The lowest BCUT2D eigenvalue weighted by Crippen LogP contribution is -2.50. The average Bonchev–Trinajstić information content (AvgIpc) is 3.28. The molecule has 0 radical (unpaired) electrons. The molecule has 0 saturated carbocycles. The zero-order chi connectivity index (χ0) is 21.6. The monoisotopic (exact) mass is 421 g/mol. The summed E-state index contributed by atoms with van der Waals surface area (Å²) in [4.78, 5) is 18.5. The summed E-state index contributed by atoms with van der Waals surface area (Å²) in [5, 5.41) is 5.97. The molecule has 1 aromatic heterocycles. The number of carbonyl (C=O) groups is 1. The molecule has 4 rings (SSSR count). The van der Waals surface area contributed by atoms with Crippen molar-refractivity contribution < 1.29 is 9.18 Å². The first kappa shape index (κ1) is 20.9. The highest BCUT2D eigenvalue weighted by Crippen LogP contribution is 2.24. The lowest BCUT2D eigenvalue weighted by atomic mass is 10.0. The Bertz CT molecular complexity index is 1000. The Morgan fingerprint density at radius 3 is 2.77 bits per heavy atom. The molecule has 0 aliphatic carbocycles. The summed E-state index contributed by atoms with van der Waals surface area (Å²) >= 11 is 0. The van der Waals surface area contributed by atoms with Crippen molar-refractivity contribution >= 4 is 11.7 Å². The number of aromatic nitrogens is 2. The second kappa shape index (κ2) is 9.64. The molecule has 2 aromatic carbocycles. The number of aryl methyl sites for hydroxylation is 1. The average molecular weight is 422 g/mol. The van der Waals surface area contributed by atoms with Crippen molar-refractivity contribution in [2.75, 3.05) is 18.0 Å². The molecule has 31 heavy (non-hydrogen) atoms. The molecule has 6 nitrogen and oxygen atoms in total. The highest BCUT2D eigenvalue weighted by atomic mass is 19.1. The Labute approximate surface area is 182 Å². The normalized spacial score (nSPS) is 16.2. The van der Waals surface area contributed by atoms with Crippen LogP contribution in [-0.4, -0.2) is 34.7 Å². The quantitative estimate of drug-likeness (QED) is 0.636. The minimum absolute atomic E-state index is 0.00813. The van der Waals surface area contributed by atoms with E-state index in [4.69, 9.17) is 0 Å². The first-order valence-electron chi connectivity index (χ1n) is 10.7. The third kappa shape index (κ3) is 5.63. The number of benzene rings is 2. The van der Waals surface area contributed by atoms with Crippen molar-refractivity contribution in [3.63, 3.8) is 0 Å². The summed E-state index contributed by atoms with van der Waals surface area (Å²) in [5.74, 6) is -0.216. The predicted molar refractivity (Wildman–Crippen MR) is 120 cm³/mol. The first-order valence-corrected chi connectivity index (χ1v) is 10.7. The molecule has 1 unspecified atom stereocenters. The van der Waals surface area contributed by atoms with E-state index < -0.39 is 0 Å². The molecule has 7 heteroatoms. The number of amides is 2. The van der Waals surface area contributed by atoms with E-state index in [9.17, 15) is 9.18 Å². The number of hydrogen-bond acceptors (Lipinski definition) is 3. The standard InChI is InChI=1S/C24H28FN5O/c1-18-4-9-22(25)23(13-18)30-11-2-3-21(16-30)28-24(31)27-14-19-5-7-20(8-6-19)15-29-12-10-26-17-29/h4-10,12-13,17,21H,2-3,11,14-16H2,1H3,(H2,27,28,31). The molecule has 2 heterocycles. The van der Waals surface area contributed by atoms with Crippen LogP contribution < -0.4 is 15.5 Å². The molecule has 0 bridgehead atoms. The second-order valence-electron chi connectivity index (χ2n) is 8.12. The van der Waals surface area contributed by atoms with Crippen LogP contribution in [-0.2, 0) is 13.1 Å². The van der Waals surface area contributed by atoms with Gasteiger partial charge < -0.3 is 20.1 Å². The SMILES string of the molecule is Cc1ccc(F)c(N2CCCC(NC(=O)NCc3ccc(Cn4ccnc4)cc3)C2)c1. The number of nitrogens with one attached hydrogen (secondary N) is 2. The molecular weight excluding hydrogens is 393 g/mol. The number of imidazole rings is 1. The largest absolute Gasteiger partial charge is 0.367 e. The van der Waals surface area contributed by atoms with Gasteiger partial charge in [0.05, 0.1) is 12.0 Å². The van der Waals surface area contributed by atoms with E-state index >= 15 is 0 Å². The lowest BCUT2D eigenvalue weighted by Gasteiger charge is -2.35. The molecular formula is C24H28FN5O. The van der Waals surface area contributed by atoms with Crippen LogP contribution in [0, 0.1) is 12.7 Å². The summed E-state index contributed by atoms with van der Waals surface area (Å²) in [5.41, 5.74) is 3.86. The Hall–Kier alpha value is -3.35. The lowest BCUT2D eigenvalue weighted by molar-refractivity contribution is 0.234. The summed E-state index contributed by atoms with van der Waals surface area (Å²) in [6.45, 7) is 4.59. The Kier molecular flexibility index (Phi) is 6.50. The molecule has 1 aliphatic rings. The van der Waals surface area contributed by atoms with Crippen LogP contribution >= 0.6 is 0 Å². The first-order chi connectivity index (χ1) is 15.1. The van der Waals surface area contributed by atoms with Gasteiger partial charge in [-0.15, -0.1) is 0 Å². The summed E-state index contributed by atoms with van der Waals surface area (Å²) in [6.07, 6.45) is 7.29. The Morgan fingerprint density at radius 2 is 2.00 bits per heavy atom. The zero-order valence-electron chi connectivity index (χ0n) is 17.7. The summed E-state index contributed by atoms with van der Waals surface area (Å²) < 4.78 is 16.3. The van der Waals surface area contributed by atoms with Crippen LogP contribution in [0.3, 0.4) is 0 Å². The van der Waals surface area contributed by atoms with Gasteiger partial charge in [0.2, 0.25) is 0 Å². The van der Waals surface area contributed by atoms with E-state index in [1.807, 2.05) is 40.8 Å². The van der Waals surface area contributed by atoms with Gasteiger partial charge in [-0.05, 0) is 48.6 Å². The van der Waals surface area contributed by atoms with Gasteiger partial charge >= 0.3 is 6.03 Å². The number of hydrogen-bond donors (Lipinski definition) is 2. The van der Waals surface area contributed by atoms with Gasteiger partial charge in [0, 0.05) is 44.6 Å². The van der Waals surface area contributed by atoms with Gasteiger partial charge in [-0.1, -0.05) is 30.3 Å². The molecule has 2 amide bonds. The van der Waals surface area contributed by atoms with Crippen molar-refractivity contribution in [1.29, 1.82) is 0 Å². The zero-order valence-corrected chi connectivity index (χ0v) is 17.7. The van der Waals surface area contributed by atoms with E-state index in [-0.39, 0.29) is 17.9 Å². The number of piperidine rings is 1. The smallest absolute Gasteiger partial charge is 0.315 e. The van der Waals surface area contributed by atoms with Gasteiger partial charge in [0.15, 0.2) is 0 Å². The minimum Gasteiger partial charge on any atom is -0.367 e. The van der Waals surface area contributed by atoms with E-state index in [1.54, 1.807) is 18.6 Å². The van der Waals surface area contributed by atoms with Crippen molar-refractivity contribution in [3.8, 4) is 0 Å². The molecule has 1 atom stereocenters. The number of rotatable bonds is 6. The van der Waals surface area contributed by atoms with Crippen molar-refractivity contribution in [3.05, 3.63) is 83.7 Å². The third-order valence-corrected chi connectivity index (χ3v) is 5.60. The Balaban J connectivity index is 1.26. The topological polar surface area (TPSA) is 62.2 Å². The molecule has 162 valence electrons. The fourth-order valence-electron chi connectivity index (χ4n) is 3.95. The highest BCUT2D eigenvalue weighted by Gasteiger charge is 2.23. The van der Waals surface area contributed by atoms with Crippen molar-refractivity contribution in [2.45, 2.75) is 38.9 Å². The van der Waals surface area contributed by atoms with Gasteiger partial charge in [-0.2, -0.15) is 0 Å². The fraction of sp³-hybridized carbons (Fsp3) is 0.333. The number of anilines is 1. The van der Waals surface area contributed by atoms with Gasteiger partial charge in [-0.3, -0.25) is 0 Å². The van der Waals surface area contributed by atoms with Crippen molar-refractivity contribution in [2.24, 2.45) is 0 Å². The van der Waals surface area contributed by atoms with Gasteiger partial charge in [0.25, 0.3) is 0 Å². The minimum atomic E-state index is -0.216. The van der Waals surface area contributed by atoms with Crippen LogP contribution in [0.5, 0.6) is 0 Å². The van der Waals surface area contributed by atoms with E-state index in [0.717, 1.165) is 37.1 Å². The van der Waals surface area contributed by atoms with Crippen LogP contribution in [0.25, 0.3) is 0 Å². The fourth-order valence-corrected chi connectivity index (χ4v) is 3.95. The summed E-state index contributed by atoms with van der Waals surface area (Å²) in [7, 11) is 0. The maximum absolute atomic E-state index is 14.2. The van der Waals surface area contributed by atoms with Gasteiger partial charge in [0.1, 0.15) is 5.82 Å². The molecule has 1 aliphatic heterocycles. The predicted octanol–water partition coefficient (Wildman–Crippen LogP) is 3.85. The van der Waals surface area contributed by atoms with E-state index in [2.05, 4.69) is 27.8 Å². The van der Waals surface area contributed by atoms with Crippen molar-refractivity contribution in [1.82, 2.24) is 20.2 Å². The molecule has 1 fully saturated rings. The molecule has 0 spiro atoms. The van der Waals surface area contributed by atoms with Crippen LogP contribution in [0.2, 0.25) is 0 Å². The number of halogens is 1. The second-order valence-corrected chi connectivity index (χ2v) is 8.12. The van der Waals surface area contributed by atoms with Crippen LogP contribution in [0.15, 0.2) is 61.2 Å². The van der Waals surface area contributed by atoms with E-state index in [0.29, 0.717) is 18.8 Å². The molecule has 1 saturated heterocycles. The highest BCUT2D eigenvalue weighted by molar-refractivity contribution is 5.74. The van der Waals surface area contributed by atoms with Gasteiger partial charge in [-0.25, -0.2) is 14.2 Å². The molecule has 2 N–H and O–H groups in total. The third-order valence-electron chi connectivity index (χ3n) is 5.60. The molecule has 3 aromatic rings. The van der Waals surface area contributed by atoms with E-state index in [1.165, 1.54) is 11.6 Å². The number of urea groups is 1. The maximum Gasteiger partial charge on any atom is 0.315 e.